The van der Waals surface area contributed by atoms with Crippen LogP contribution in [0.4, 0.5) is 0 Å². The van der Waals surface area contributed by atoms with Crippen LogP contribution in [0.2, 0.25) is 0 Å². The van der Waals surface area contributed by atoms with Gasteiger partial charge in [-0.15, -0.1) is 0 Å². The summed E-state index contributed by atoms with van der Waals surface area (Å²) in [4.78, 5) is 49.6. The van der Waals surface area contributed by atoms with Crippen LogP contribution in [0.15, 0.2) is 84.9 Å². The standard InChI is InChI=1S/C39H53N5O3/c1-39(2,40)22-12-17-36(45)42(5)34(27-31-18-19-32-15-10-11-16-33(32)25-31)37(46)43(6)35(26-29-13-8-7-9-14-29)38(47)44-23-20-30(21-24-44)28-41(3)4/h7-19,25,30,34-35H,20-24,26-28,40H2,1-6H3/t34-,35-/m1/s1. The van der Waals surface area contributed by atoms with Crippen molar-refractivity contribution in [1.82, 2.24) is 19.6 Å². The van der Waals surface area contributed by atoms with Crippen molar-refractivity contribution in [3.05, 3.63) is 96.1 Å². The third-order valence-electron chi connectivity index (χ3n) is 9.17. The van der Waals surface area contributed by atoms with Crippen molar-refractivity contribution in [3.8, 4) is 0 Å². The zero-order valence-corrected chi connectivity index (χ0v) is 29.1. The van der Waals surface area contributed by atoms with Crippen molar-refractivity contribution in [3.63, 3.8) is 0 Å². The van der Waals surface area contributed by atoms with Crippen molar-refractivity contribution in [2.45, 2.75) is 63.6 Å². The van der Waals surface area contributed by atoms with E-state index in [4.69, 9.17) is 5.73 Å². The van der Waals surface area contributed by atoms with E-state index in [9.17, 15) is 14.4 Å². The van der Waals surface area contributed by atoms with Gasteiger partial charge < -0.3 is 25.3 Å². The molecule has 0 saturated carbocycles. The molecule has 1 heterocycles. The highest BCUT2D eigenvalue weighted by atomic mass is 16.2. The maximum Gasteiger partial charge on any atom is 0.246 e. The van der Waals surface area contributed by atoms with Gasteiger partial charge in [-0.1, -0.05) is 78.9 Å². The number of hydrogen-bond acceptors (Lipinski definition) is 5. The van der Waals surface area contributed by atoms with E-state index in [-0.39, 0.29) is 17.7 Å². The lowest BCUT2D eigenvalue weighted by Gasteiger charge is -2.39. The molecule has 8 heteroatoms. The number of nitrogens with zero attached hydrogens (tertiary/aromatic N) is 4. The van der Waals surface area contributed by atoms with E-state index in [1.165, 1.54) is 11.0 Å². The number of benzene rings is 3. The Morgan fingerprint density at radius 3 is 2.09 bits per heavy atom. The van der Waals surface area contributed by atoms with Crippen LogP contribution in [0.3, 0.4) is 0 Å². The zero-order chi connectivity index (χ0) is 34.1. The Morgan fingerprint density at radius 1 is 0.830 bits per heavy atom. The van der Waals surface area contributed by atoms with Gasteiger partial charge in [0.15, 0.2) is 0 Å². The second-order valence-electron chi connectivity index (χ2n) is 14.1. The molecule has 4 rings (SSSR count). The molecule has 2 N–H and O–H groups in total. The highest BCUT2D eigenvalue weighted by Gasteiger charge is 2.37. The summed E-state index contributed by atoms with van der Waals surface area (Å²) in [5.41, 5.74) is 7.60. The van der Waals surface area contributed by atoms with Crippen molar-refractivity contribution >= 4 is 28.5 Å². The number of carbonyl (C=O) groups is 3. The Bertz CT molecular complexity index is 1520. The number of carbonyl (C=O) groups excluding carboxylic acids is 3. The number of fused-ring (bicyclic) bond motifs is 1. The highest BCUT2D eigenvalue weighted by Crippen LogP contribution is 2.23. The minimum absolute atomic E-state index is 0.0449. The molecule has 0 aliphatic carbocycles. The Morgan fingerprint density at radius 2 is 1.45 bits per heavy atom. The van der Waals surface area contributed by atoms with E-state index < -0.39 is 17.6 Å². The Balaban J connectivity index is 1.63. The first-order valence-electron chi connectivity index (χ1n) is 16.8. The van der Waals surface area contributed by atoms with E-state index in [1.807, 2.05) is 79.4 Å². The lowest BCUT2D eigenvalue weighted by atomic mass is 9.94. The summed E-state index contributed by atoms with van der Waals surface area (Å²) in [6, 6.07) is 22.5. The maximum absolute atomic E-state index is 14.6. The smallest absolute Gasteiger partial charge is 0.246 e. The van der Waals surface area contributed by atoms with Crippen LogP contribution in [0.5, 0.6) is 0 Å². The van der Waals surface area contributed by atoms with Gasteiger partial charge >= 0.3 is 0 Å². The van der Waals surface area contributed by atoms with Crippen molar-refractivity contribution in [2.75, 3.05) is 47.8 Å². The molecule has 1 aliphatic rings. The van der Waals surface area contributed by atoms with Crippen LogP contribution in [-0.4, -0.2) is 103 Å². The predicted molar refractivity (Wildman–Crippen MR) is 191 cm³/mol. The SMILES string of the molecule is CN(C)CC1CCN(C(=O)[C@@H](Cc2ccccc2)N(C)C(=O)[C@@H](Cc2ccc3ccccc3c2)N(C)C(=O)C=CCC(C)(C)N)CC1. The van der Waals surface area contributed by atoms with Crippen LogP contribution < -0.4 is 5.73 Å². The Kier molecular flexibility index (Phi) is 12.4. The van der Waals surface area contributed by atoms with E-state index in [0.29, 0.717) is 38.3 Å². The first-order chi connectivity index (χ1) is 22.3. The van der Waals surface area contributed by atoms with Gasteiger partial charge in [-0.2, -0.15) is 0 Å². The fourth-order valence-electron chi connectivity index (χ4n) is 6.39. The number of rotatable bonds is 13. The quantitative estimate of drug-likeness (QED) is 0.273. The third-order valence-corrected chi connectivity index (χ3v) is 9.17. The minimum Gasteiger partial charge on any atom is -0.341 e. The third kappa shape index (κ3) is 10.2. The molecule has 2 atom stereocenters. The number of amides is 3. The molecule has 3 aromatic carbocycles. The average Bonchev–Trinajstić information content (AvgIpc) is 3.04. The minimum atomic E-state index is -0.818. The molecular formula is C39H53N5O3. The summed E-state index contributed by atoms with van der Waals surface area (Å²) >= 11 is 0. The van der Waals surface area contributed by atoms with E-state index in [0.717, 1.165) is 41.3 Å². The van der Waals surface area contributed by atoms with Crippen molar-refractivity contribution in [1.29, 1.82) is 0 Å². The molecule has 1 fully saturated rings. The van der Waals surface area contributed by atoms with Gasteiger partial charge in [0.25, 0.3) is 0 Å². The monoisotopic (exact) mass is 639 g/mol. The first kappa shape index (κ1) is 35.8. The van der Waals surface area contributed by atoms with Crippen LogP contribution in [0, 0.1) is 5.92 Å². The van der Waals surface area contributed by atoms with Crippen LogP contribution >= 0.6 is 0 Å². The average molecular weight is 640 g/mol. The summed E-state index contributed by atoms with van der Waals surface area (Å²) in [5.74, 6) is -0.0459. The lowest BCUT2D eigenvalue weighted by Crippen LogP contribution is -2.57. The number of hydrogen-bond donors (Lipinski definition) is 1. The van der Waals surface area contributed by atoms with Gasteiger partial charge in [0.2, 0.25) is 17.7 Å². The van der Waals surface area contributed by atoms with Gasteiger partial charge in [0.1, 0.15) is 12.1 Å². The number of nitrogens with two attached hydrogens (primary N) is 1. The topological polar surface area (TPSA) is 90.2 Å². The molecule has 0 aromatic heterocycles. The molecule has 3 amide bonds. The molecule has 1 saturated heterocycles. The largest absolute Gasteiger partial charge is 0.341 e. The summed E-state index contributed by atoms with van der Waals surface area (Å²) in [7, 11) is 7.55. The van der Waals surface area contributed by atoms with Gasteiger partial charge in [0, 0.05) is 52.1 Å². The molecule has 0 unspecified atom stereocenters. The first-order valence-corrected chi connectivity index (χ1v) is 16.8. The van der Waals surface area contributed by atoms with Crippen molar-refractivity contribution < 1.29 is 14.4 Å². The number of likely N-dealkylation sites (tertiary alicyclic amines) is 1. The molecule has 47 heavy (non-hydrogen) atoms. The van der Waals surface area contributed by atoms with E-state index in [1.54, 1.807) is 25.1 Å². The van der Waals surface area contributed by atoms with Crippen LogP contribution in [0.1, 0.15) is 44.2 Å². The molecular weight excluding hydrogens is 586 g/mol. The fourth-order valence-corrected chi connectivity index (χ4v) is 6.39. The molecule has 0 bridgehead atoms. The van der Waals surface area contributed by atoms with Crippen LogP contribution in [-0.2, 0) is 27.2 Å². The number of likely N-dealkylation sites (N-methyl/N-ethyl adjacent to an activating group) is 2. The Labute approximate surface area is 281 Å². The molecule has 3 aromatic rings. The summed E-state index contributed by atoms with van der Waals surface area (Å²) < 4.78 is 0. The highest BCUT2D eigenvalue weighted by molar-refractivity contribution is 5.95. The van der Waals surface area contributed by atoms with Gasteiger partial charge in [-0.3, -0.25) is 14.4 Å². The van der Waals surface area contributed by atoms with Gasteiger partial charge in [-0.25, -0.2) is 0 Å². The summed E-state index contributed by atoms with van der Waals surface area (Å²) in [6.07, 6.45) is 6.37. The van der Waals surface area contributed by atoms with Gasteiger partial charge in [-0.05, 0) is 81.1 Å². The molecule has 8 nitrogen and oxygen atoms in total. The van der Waals surface area contributed by atoms with Crippen LogP contribution in [0.25, 0.3) is 10.8 Å². The normalized spacial score (nSPS) is 15.6. The molecule has 0 radical (unpaired) electrons. The predicted octanol–water partition coefficient (Wildman–Crippen LogP) is 4.76. The second kappa shape index (κ2) is 16.2. The van der Waals surface area contributed by atoms with Gasteiger partial charge in [0.05, 0.1) is 0 Å². The molecule has 1 aliphatic heterocycles. The van der Waals surface area contributed by atoms with E-state index >= 15 is 0 Å². The molecule has 252 valence electrons. The number of piperidine rings is 1. The molecule has 0 spiro atoms. The second-order valence-corrected chi connectivity index (χ2v) is 14.1. The maximum atomic E-state index is 14.6. The lowest BCUT2D eigenvalue weighted by molar-refractivity contribution is -0.149. The van der Waals surface area contributed by atoms with E-state index in [2.05, 4.69) is 31.1 Å². The summed E-state index contributed by atoms with van der Waals surface area (Å²) in [6.45, 7) is 6.15. The fraction of sp³-hybridized carbons (Fsp3) is 0.462. The zero-order valence-electron chi connectivity index (χ0n) is 29.1. The summed E-state index contributed by atoms with van der Waals surface area (Å²) in [5, 5.41) is 2.18. The Hall–Kier alpha value is -4.01. The van der Waals surface area contributed by atoms with Crippen molar-refractivity contribution in [2.24, 2.45) is 11.7 Å².